The summed E-state index contributed by atoms with van der Waals surface area (Å²) in [5.74, 6) is 3.50. The van der Waals surface area contributed by atoms with Gasteiger partial charge in [-0.1, -0.05) is 12.1 Å². The molecule has 1 aromatic rings. The smallest absolute Gasteiger partial charge is 0.0547 e. The van der Waals surface area contributed by atoms with Crippen LogP contribution in [0.4, 0.5) is 11.4 Å². The molecule has 0 bridgehead atoms. The summed E-state index contributed by atoms with van der Waals surface area (Å²) in [5.41, 5.74) is 12.1. The third kappa shape index (κ3) is 2.34. The van der Waals surface area contributed by atoms with Crippen molar-refractivity contribution in [2.45, 2.75) is 0 Å². The lowest BCUT2D eigenvalue weighted by atomic mass is 10.3. The Bertz CT molecular complexity index is 169. The van der Waals surface area contributed by atoms with Crippen LogP contribution in [0.25, 0.3) is 0 Å². The Hall–Kier alpha value is -1.26. The lowest BCUT2D eigenvalue weighted by Crippen LogP contribution is -1.91. The molecule has 10 heavy (non-hydrogen) atoms. The van der Waals surface area contributed by atoms with Crippen LogP contribution in [0.5, 0.6) is 0 Å². The SMILES string of the molecule is NO.Nc1ccccc1N. The van der Waals surface area contributed by atoms with Gasteiger partial charge < -0.3 is 16.7 Å². The Morgan fingerprint density at radius 2 is 1.20 bits per heavy atom. The van der Waals surface area contributed by atoms with Gasteiger partial charge in [-0.25, -0.2) is 5.90 Å². The van der Waals surface area contributed by atoms with Crippen molar-refractivity contribution in [2.24, 2.45) is 5.90 Å². The van der Waals surface area contributed by atoms with E-state index in [1.807, 2.05) is 12.1 Å². The van der Waals surface area contributed by atoms with Crippen LogP contribution in [-0.2, 0) is 0 Å². The molecule has 0 aliphatic heterocycles. The van der Waals surface area contributed by atoms with E-state index in [0.29, 0.717) is 11.4 Å². The minimum Gasteiger partial charge on any atom is -0.397 e. The van der Waals surface area contributed by atoms with Gasteiger partial charge in [0.1, 0.15) is 0 Å². The second-order valence-corrected chi connectivity index (χ2v) is 1.63. The van der Waals surface area contributed by atoms with Crippen LogP contribution in [-0.4, -0.2) is 5.21 Å². The molecule has 0 aliphatic rings. The van der Waals surface area contributed by atoms with Gasteiger partial charge in [0.25, 0.3) is 0 Å². The largest absolute Gasteiger partial charge is 0.397 e. The van der Waals surface area contributed by atoms with Crippen LogP contribution in [0.3, 0.4) is 0 Å². The predicted molar refractivity (Wildman–Crippen MR) is 41.2 cm³/mol. The summed E-state index contributed by atoms with van der Waals surface area (Å²) in [6.45, 7) is 0. The second kappa shape index (κ2) is 4.60. The van der Waals surface area contributed by atoms with Gasteiger partial charge in [-0.2, -0.15) is 0 Å². The summed E-state index contributed by atoms with van der Waals surface area (Å²) >= 11 is 0. The molecule has 0 spiro atoms. The Morgan fingerprint density at radius 1 is 0.900 bits per heavy atom. The minimum absolute atomic E-state index is 0.646. The van der Waals surface area contributed by atoms with E-state index in [2.05, 4.69) is 5.90 Å². The number of benzene rings is 1. The standard InChI is InChI=1S/C6H8N2.H3NO/c7-5-3-1-2-4-6(5)8;1-2/h1-4H,7-8H2;2H,1H2. The van der Waals surface area contributed by atoms with E-state index in [4.69, 9.17) is 16.7 Å². The fourth-order valence-corrected chi connectivity index (χ4v) is 0.511. The monoisotopic (exact) mass is 141 g/mol. The Kier molecular flexibility index (Phi) is 4.02. The number of anilines is 2. The van der Waals surface area contributed by atoms with E-state index >= 15 is 0 Å². The van der Waals surface area contributed by atoms with Crippen LogP contribution in [0.1, 0.15) is 0 Å². The van der Waals surface area contributed by atoms with E-state index in [9.17, 15) is 0 Å². The zero-order valence-electron chi connectivity index (χ0n) is 5.49. The Balaban J connectivity index is 0.000000371. The normalized spacial score (nSPS) is 7.80. The molecule has 7 N–H and O–H groups in total. The molecule has 1 aromatic carbocycles. The summed E-state index contributed by atoms with van der Waals surface area (Å²) < 4.78 is 0. The maximum Gasteiger partial charge on any atom is 0.0547 e. The molecule has 0 radical (unpaired) electrons. The van der Waals surface area contributed by atoms with Gasteiger partial charge in [0.2, 0.25) is 0 Å². The van der Waals surface area contributed by atoms with Crippen molar-refractivity contribution in [2.75, 3.05) is 11.5 Å². The quantitative estimate of drug-likeness (QED) is 0.306. The molecule has 0 atom stereocenters. The Labute approximate surface area is 59.2 Å². The van der Waals surface area contributed by atoms with Crippen molar-refractivity contribution >= 4 is 11.4 Å². The summed E-state index contributed by atoms with van der Waals surface area (Å²) in [5, 5.41) is 6.50. The maximum atomic E-state index is 6.50. The van der Waals surface area contributed by atoms with E-state index in [1.165, 1.54) is 0 Å². The molecule has 0 aliphatic carbocycles. The van der Waals surface area contributed by atoms with E-state index in [1.54, 1.807) is 12.1 Å². The van der Waals surface area contributed by atoms with Crippen LogP contribution in [0, 0.1) is 0 Å². The molecule has 0 saturated carbocycles. The molecule has 0 fully saturated rings. The van der Waals surface area contributed by atoms with Gasteiger partial charge >= 0.3 is 0 Å². The molecule has 1 rings (SSSR count). The molecule has 0 heterocycles. The van der Waals surface area contributed by atoms with Gasteiger partial charge in [0.15, 0.2) is 0 Å². The molecule has 0 amide bonds. The first-order chi connectivity index (χ1) is 4.80. The molecule has 0 aromatic heterocycles. The summed E-state index contributed by atoms with van der Waals surface area (Å²) in [6, 6.07) is 7.25. The number of nitrogen functional groups attached to an aromatic ring is 2. The third-order valence-corrected chi connectivity index (χ3v) is 0.996. The lowest BCUT2D eigenvalue weighted by molar-refractivity contribution is 0.311. The van der Waals surface area contributed by atoms with Gasteiger partial charge in [0, 0.05) is 0 Å². The number of para-hydroxylation sites is 2. The highest BCUT2D eigenvalue weighted by Gasteiger charge is 1.85. The molecule has 4 heteroatoms. The van der Waals surface area contributed by atoms with Gasteiger partial charge in [-0.3, -0.25) is 0 Å². The number of rotatable bonds is 0. The van der Waals surface area contributed by atoms with Gasteiger partial charge in [-0.15, -0.1) is 0 Å². The molecule has 56 valence electrons. The van der Waals surface area contributed by atoms with Crippen LogP contribution < -0.4 is 17.4 Å². The fourth-order valence-electron chi connectivity index (χ4n) is 0.511. The topological polar surface area (TPSA) is 98.3 Å². The highest BCUT2D eigenvalue weighted by atomic mass is 16.4. The highest BCUT2D eigenvalue weighted by molar-refractivity contribution is 5.62. The second-order valence-electron chi connectivity index (χ2n) is 1.63. The molecule has 0 unspecified atom stereocenters. The molecular formula is C6H11N3O. The van der Waals surface area contributed by atoms with Crippen molar-refractivity contribution in [3.05, 3.63) is 24.3 Å². The zero-order chi connectivity index (χ0) is 7.98. The van der Waals surface area contributed by atoms with E-state index in [-0.39, 0.29) is 0 Å². The molecular weight excluding hydrogens is 130 g/mol. The van der Waals surface area contributed by atoms with Crippen molar-refractivity contribution in [1.82, 2.24) is 0 Å². The third-order valence-electron chi connectivity index (χ3n) is 0.996. The van der Waals surface area contributed by atoms with Gasteiger partial charge in [0.05, 0.1) is 11.4 Å². The highest BCUT2D eigenvalue weighted by Crippen LogP contribution is 2.10. The van der Waals surface area contributed by atoms with Crippen molar-refractivity contribution in [3.63, 3.8) is 0 Å². The Morgan fingerprint density at radius 3 is 1.40 bits per heavy atom. The van der Waals surface area contributed by atoms with Crippen LogP contribution in [0.15, 0.2) is 24.3 Å². The van der Waals surface area contributed by atoms with Crippen molar-refractivity contribution in [1.29, 1.82) is 0 Å². The van der Waals surface area contributed by atoms with E-state index in [0.717, 1.165) is 0 Å². The molecule has 0 saturated heterocycles. The summed E-state index contributed by atoms with van der Waals surface area (Å²) in [6.07, 6.45) is 0. The fraction of sp³-hybridized carbons (Fsp3) is 0. The number of nitrogens with two attached hydrogens (primary N) is 3. The summed E-state index contributed by atoms with van der Waals surface area (Å²) in [7, 11) is 0. The first-order valence-corrected chi connectivity index (χ1v) is 2.66. The number of hydrogen-bond donors (Lipinski definition) is 4. The predicted octanol–water partition coefficient (Wildman–Crippen LogP) is 0.185. The van der Waals surface area contributed by atoms with Crippen LogP contribution >= 0.6 is 0 Å². The zero-order valence-corrected chi connectivity index (χ0v) is 5.49. The molecule has 4 nitrogen and oxygen atoms in total. The first-order valence-electron chi connectivity index (χ1n) is 2.66. The maximum absolute atomic E-state index is 6.50. The average Bonchev–Trinajstić information content (AvgIpc) is 2.00. The van der Waals surface area contributed by atoms with E-state index < -0.39 is 0 Å². The lowest BCUT2D eigenvalue weighted by Gasteiger charge is -1.94. The average molecular weight is 141 g/mol. The van der Waals surface area contributed by atoms with Crippen LogP contribution in [0.2, 0.25) is 0 Å². The van der Waals surface area contributed by atoms with Crippen molar-refractivity contribution < 1.29 is 5.21 Å². The summed E-state index contributed by atoms with van der Waals surface area (Å²) in [4.78, 5) is 0. The van der Waals surface area contributed by atoms with Crippen molar-refractivity contribution in [3.8, 4) is 0 Å². The number of hydrogen-bond acceptors (Lipinski definition) is 4. The first kappa shape index (κ1) is 8.74. The minimum atomic E-state index is 0.646. The van der Waals surface area contributed by atoms with Gasteiger partial charge in [-0.05, 0) is 12.1 Å².